The van der Waals surface area contributed by atoms with E-state index in [1.165, 1.54) is 48.5 Å². The van der Waals surface area contributed by atoms with Gasteiger partial charge in [-0.3, -0.25) is 18.7 Å². The molecule has 76 heavy (non-hydrogen) atoms. The highest BCUT2D eigenvalue weighted by atomic mass is 19.2. The SMILES string of the molecule is Cc1cccn1N(c1cc(F)cc(F)c1)c1cc(N(c2cc(F)cc(F)c2)n2cccc2C)c2ccc3c(N(c4cc(F)cc(F)c4)n4cccc4C)cc(N(c4cc(F)cc(F)c4)n4cccc4C)c4ccc1c2c43. The lowest BCUT2D eigenvalue weighted by Crippen LogP contribution is -2.28. The Kier molecular flexibility index (Phi) is 11.4. The fraction of sp³-hybridized carbons (Fsp3) is 0.0667. The minimum atomic E-state index is -0.861. The molecular formula is C60H42F8N8. The normalized spacial score (nSPS) is 11.7. The minimum Gasteiger partial charge on any atom is -0.261 e. The maximum Gasteiger partial charge on any atom is 0.128 e. The van der Waals surface area contributed by atoms with Crippen LogP contribution in [0.3, 0.4) is 0 Å². The van der Waals surface area contributed by atoms with E-state index in [1.54, 1.807) is 99.9 Å². The first-order valence-electron chi connectivity index (χ1n) is 24.0. The van der Waals surface area contributed by atoms with Crippen molar-refractivity contribution >= 4 is 77.8 Å². The maximum atomic E-state index is 15.7. The Hall–Kier alpha value is -9.44. The topological polar surface area (TPSA) is 32.7 Å². The van der Waals surface area contributed by atoms with Gasteiger partial charge in [0.25, 0.3) is 0 Å². The number of aromatic nitrogens is 4. The highest BCUT2D eigenvalue weighted by Gasteiger charge is 2.31. The summed E-state index contributed by atoms with van der Waals surface area (Å²) in [6.45, 7) is 7.29. The number of nitrogens with zero attached hydrogens (tertiary/aromatic N) is 8. The van der Waals surface area contributed by atoms with E-state index in [2.05, 4.69) is 0 Å². The van der Waals surface area contributed by atoms with Crippen molar-refractivity contribution in [3.8, 4) is 0 Å². The number of anilines is 8. The van der Waals surface area contributed by atoms with Crippen LogP contribution < -0.4 is 20.0 Å². The molecule has 0 bridgehead atoms. The summed E-state index contributed by atoms with van der Waals surface area (Å²) in [5.74, 6) is -6.89. The number of hydrogen-bond acceptors (Lipinski definition) is 4. The van der Waals surface area contributed by atoms with Gasteiger partial charge in [-0.25, -0.2) is 55.2 Å². The quantitative estimate of drug-likeness (QED) is 0.0902. The van der Waals surface area contributed by atoms with Crippen LogP contribution in [0.15, 0.2) is 183 Å². The van der Waals surface area contributed by atoms with Crippen molar-refractivity contribution in [1.29, 1.82) is 0 Å². The highest BCUT2D eigenvalue weighted by molar-refractivity contribution is 6.32. The third-order valence-electron chi connectivity index (χ3n) is 13.7. The molecule has 8 aromatic carbocycles. The Morgan fingerprint density at radius 1 is 0.263 bits per heavy atom. The van der Waals surface area contributed by atoms with E-state index in [-0.39, 0.29) is 22.7 Å². The van der Waals surface area contributed by atoms with Gasteiger partial charge in [0.1, 0.15) is 46.5 Å². The molecule has 12 rings (SSSR count). The average molecular weight is 1030 g/mol. The molecule has 0 atom stereocenters. The van der Waals surface area contributed by atoms with E-state index in [4.69, 9.17) is 0 Å². The number of aryl methyl sites for hydroxylation is 4. The lowest BCUT2D eigenvalue weighted by molar-refractivity contribution is 0.580. The van der Waals surface area contributed by atoms with Crippen molar-refractivity contribution < 1.29 is 35.1 Å². The van der Waals surface area contributed by atoms with Crippen LogP contribution in [-0.4, -0.2) is 18.7 Å². The zero-order valence-electron chi connectivity index (χ0n) is 40.9. The monoisotopic (exact) mass is 1030 g/mol. The second kappa shape index (κ2) is 18.2. The van der Waals surface area contributed by atoms with Gasteiger partial charge in [-0.2, -0.15) is 0 Å². The lowest BCUT2D eigenvalue weighted by Gasteiger charge is -2.35. The molecule has 0 saturated carbocycles. The number of halogens is 8. The fourth-order valence-electron chi connectivity index (χ4n) is 10.5. The summed E-state index contributed by atoms with van der Waals surface area (Å²) >= 11 is 0. The van der Waals surface area contributed by atoms with E-state index in [0.717, 1.165) is 24.3 Å². The van der Waals surface area contributed by atoms with Gasteiger partial charge < -0.3 is 0 Å². The molecule has 16 heteroatoms. The number of rotatable bonds is 12. The number of hydrogen-bond donors (Lipinski definition) is 0. The molecule has 0 aliphatic carbocycles. The fourth-order valence-corrected chi connectivity index (χ4v) is 10.5. The highest BCUT2D eigenvalue weighted by Crippen LogP contribution is 2.52. The summed E-state index contributed by atoms with van der Waals surface area (Å²) < 4.78 is 132. The second-order valence-electron chi connectivity index (χ2n) is 18.6. The largest absolute Gasteiger partial charge is 0.261 e. The van der Waals surface area contributed by atoms with Gasteiger partial charge in [-0.1, -0.05) is 24.3 Å². The zero-order valence-corrected chi connectivity index (χ0v) is 40.9. The first kappa shape index (κ1) is 47.6. The molecule has 0 aliphatic rings. The van der Waals surface area contributed by atoms with Gasteiger partial charge >= 0.3 is 0 Å². The smallest absolute Gasteiger partial charge is 0.128 e. The third kappa shape index (κ3) is 8.00. The minimum absolute atomic E-state index is 0.0736. The maximum absolute atomic E-state index is 15.7. The Balaban J connectivity index is 1.32. The lowest BCUT2D eigenvalue weighted by atomic mass is 9.90. The predicted octanol–water partition coefficient (Wildman–Crippen LogP) is 16.5. The van der Waals surface area contributed by atoms with E-state index >= 15 is 35.1 Å². The molecular weight excluding hydrogens is 985 g/mol. The van der Waals surface area contributed by atoms with Crippen LogP contribution >= 0.6 is 0 Å². The van der Waals surface area contributed by atoms with Crippen LogP contribution in [0.4, 0.5) is 80.6 Å². The molecule has 0 unspecified atom stereocenters. The summed E-state index contributed by atoms with van der Waals surface area (Å²) in [6, 6.07) is 37.9. The molecule has 0 N–H and O–H groups in total. The Bertz CT molecular complexity index is 3620. The Morgan fingerprint density at radius 2 is 0.461 bits per heavy atom. The van der Waals surface area contributed by atoms with E-state index in [1.807, 2.05) is 76.2 Å². The van der Waals surface area contributed by atoms with Crippen LogP contribution in [0, 0.1) is 74.2 Å². The Labute approximate surface area is 429 Å². The standard InChI is InChI=1S/C60H42F8N8/c1-35-9-5-17-69(35)73(47-25-39(61)21-40(62)26-47)55-33-56(74(70-18-6-10-36(70)2)48-27-41(63)22-42(64)28-48)52-15-16-54-58(76(72-20-8-12-38(72)4)50-31-45(67)24-46(68)32-50)34-57(53-14-13-51(55)59(52)60(53)54)75(71-19-7-11-37(71)3)49-29-43(65)23-44(66)30-49/h5-34H,1-4H3. The summed E-state index contributed by atoms with van der Waals surface area (Å²) in [4.78, 5) is 0. The second-order valence-corrected chi connectivity index (χ2v) is 18.6. The van der Waals surface area contributed by atoms with E-state index in [0.29, 0.717) is 77.8 Å². The zero-order chi connectivity index (χ0) is 52.8. The van der Waals surface area contributed by atoms with Crippen molar-refractivity contribution in [3.05, 3.63) is 252 Å². The molecule has 0 aliphatic heterocycles. The number of benzene rings is 8. The van der Waals surface area contributed by atoms with Crippen LogP contribution in [0.2, 0.25) is 0 Å². The van der Waals surface area contributed by atoms with Gasteiger partial charge in [0.15, 0.2) is 0 Å². The molecule has 0 spiro atoms. The first-order chi connectivity index (χ1) is 36.6. The van der Waals surface area contributed by atoms with Gasteiger partial charge in [0.2, 0.25) is 0 Å². The van der Waals surface area contributed by atoms with Crippen LogP contribution in [0.1, 0.15) is 22.8 Å². The summed E-state index contributed by atoms with van der Waals surface area (Å²) in [5, 5.41) is 9.61. The Morgan fingerprint density at radius 3 is 0.632 bits per heavy atom. The molecule has 0 radical (unpaired) electrons. The molecule has 0 amide bonds. The summed E-state index contributed by atoms with van der Waals surface area (Å²) in [6.07, 6.45) is 6.92. The molecule has 8 nitrogen and oxygen atoms in total. The van der Waals surface area contributed by atoms with Crippen LogP contribution in [0.25, 0.3) is 32.3 Å². The summed E-state index contributed by atoms with van der Waals surface area (Å²) in [7, 11) is 0. The molecule has 0 fully saturated rings. The van der Waals surface area contributed by atoms with Crippen molar-refractivity contribution in [3.63, 3.8) is 0 Å². The van der Waals surface area contributed by atoms with Gasteiger partial charge in [-0.05, 0) is 137 Å². The van der Waals surface area contributed by atoms with E-state index in [9.17, 15) is 0 Å². The van der Waals surface area contributed by atoms with E-state index < -0.39 is 46.5 Å². The average Bonchev–Trinajstić information content (AvgIpc) is 4.27. The van der Waals surface area contributed by atoms with Crippen molar-refractivity contribution in [2.24, 2.45) is 0 Å². The van der Waals surface area contributed by atoms with Gasteiger partial charge in [-0.15, -0.1) is 0 Å². The molecule has 0 saturated heterocycles. The van der Waals surface area contributed by atoms with Gasteiger partial charge in [0, 0.05) is 104 Å². The van der Waals surface area contributed by atoms with Crippen LogP contribution in [-0.2, 0) is 0 Å². The summed E-state index contributed by atoms with van der Waals surface area (Å²) in [5.41, 5.74) is 4.30. The van der Waals surface area contributed by atoms with Crippen LogP contribution in [0.5, 0.6) is 0 Å². The first-order valence-corrected chi connectivity index (χ1v) is 24.0. The van der Waals surface area contributed by atoms with Crippen molar-refractivity contribution in [2.75, 3.05) is 20.0 Å². The predicted molar refractivity (Wildman–Crippen MR) is 282 cm³/mol. The molecule has 378 valence electrons. The van der Waals surface area contributed by atoms with Gasteiger partial charge in [0.05, 0.1) is 45.5 Å². The third-order valence-corrected chi connectivity index (χ3v) is 13.7. The molecule has 12 aromatic rings. The molecule has 4 aromatic heterocycles. The van der Waals surface area contributed by atoms with Crippen molar-refractivity contribution in [2.45, 2.75) is 27.7 Å². The molecule has 4 heterocycles. The van der Waals surface area contributed by atoms with Crippen molar-refractivity contribution in [1.82, 2.24) is 18.7 Å².